The number of hydrogen-bond acceptors (Lipinski definition) is 15. The van der Waals surface area contributed by atoms with Crippen LogP contribution in [0.15, 0.2) is 115 Å². The van der Waals surface area contributed by atoms with Crippen LogP contribution in [0.4, 0.5) is 4.79 Å². The first-order valence-electron chi connectivity index (χ1n) is 32.5. The second kappa shape index (κ2) is 31.9. The van der Waals surface area contributed by atoms with Gasteiger partial charge in [0.1, 0.15) is 54.2 Å². The van der Waals surface area contributed by atoms with Gasteiger partial charge >= 0.3 is 12.1 Å². The number of ether oxygens (including phenoxy) is 6. The Morgan fingerprint density at radius 2 is 0.619 bits per heavy atom. The van der Waals surface area contributed by atoms with E-state index < -0.39 is 153 Å². The number of alkyl carbamates (subject to hydrolysis) is 1. The van der Waals surface area contributed by atoms with Gasteiger partial charge in [-0.05, 0) is 115 Å². The number of carbonyl (C=O) groups excluding carboxylic acids is 9. The molecule has 0 bridgehead atoms. The van der Waals surface area contributed by atoms with Crippen LogP contribution in [-0.2, 0) is 66.8 Å². The molecule has 27 heteroatoms. The van der Waals surface area contributed by atoms with Gasteiger partial charge in [-0.1, -0.05) is 168 Å². The molecule has 4 aromatic rings. The van der Waals surface area contributed by atoms with Crippen LogP contribution < -0.4 is 42.5 Å². The molecule has 23 nitrogen and oxygen atoms in total. The van der Waals surface area contributed by atoms with E-state index in [9.17, 15) is 14.4 Å². The van der Waals surface area contributed by atoms with Crippen molar-refractivity contribution in [1.82, 2.24) is 42.5 Å². The SMILES string of the molecule is COC(=O)[C@@H](NC(=O)[C@@]1(NC(=O)[C@H](NC(=O)[C@@]2(NC(=O)[C@H](NC(=O)[C@@]3(NC(=O)[C@H](NC(=O)[C@@]4(NC(=O)OC(C)(C)C)CCO[C@H]4c4ccc(Br)cc4)C(C)C)CCO[C@H]3c3ccc(Br)cc3)C(C)C)CCO[C@H]2c2ccc(Br)cc2)C(C)C)CCO[C@H]1c1ccc(Br)cc1)C(C)C. The van der Waals surface area contributed by atoms with Crippen LogP contribution in [0.25, 0.3) is 0 Å². The van der Waals surface area contributed by atoms with Crippen LogP contribution in [-0.4, -0.2) is 139 Å². The number of methoxy groups -OCH3 is 1. The van der Waals surface area contributed by atoms with E-state index in [0.717, 1.165) is 8.95 Å². The maximum Gasteiger partial charge on any atom is 0.408 e. The third-order valence-electron chi connectivity index (χ3n) is 18.1. The number of rotatable bonds is 24. The molecular formula is C70H88Br4N8O15. The quantitative estimate of drug-likeness (QED) is 0.0303. The number of esters is 1. The van der Waals surface area contributed by atoms with Crippen LogP contribution in [0.3, 0.4) is 0 Å². The number of benzene rings is 4. The molecule has 0 unspecified atom stereocenters. The molecule has 4 heterocycles. The molecule has 4 aliphatic heterocycles. The molecule has 0 spiro atoms. The van der Waals surface area contributed by atoms with Gasteiger partial charge in [-0.3, -0.25) is 33.6 Å². The van der Waals surface area contributed by atoms with Crippen molar-refractivity contribution < 1.29 is 71.6 Å². The summed E-state index contributed by atoms with van der Waals surface area (Å²) in [6.07, 6.45) is -5.64. The molecular weight excluding hydrogens is 1510 g/mol. The zero-order valence-electron chi connectivity index (χ0n) is 56.5. The zero-order chi connectivity index (χ0) is 71.1. The summed E-state index contributed by atoms with van der Waals surface area (Å²) in [5.74, 6) is -8.68. The third-order valence-corrected chi connectivity index (χ3v) is 20.2. The average Bonchev–Trinajstić information content (AvgIpc) is 1.71. The number of halogens is 4. The maximum atomic E-state index is 15.9. The molecule has 8 amide bonds. The second-order valence-electron chi connectivity index (χ2n) is 27.5. The molecule has 12 atom stereocenters. The van der Waals surface area contributed by atoms with E-state index in [4.69, 9.17) is 28.4 Å². The lowest BCUT2D eigenvalue weighted by Crippen LogP contribution is -2.70. The topological polar surface area (TPSA) is 305 Å². The van der Waals surface area contributed by atoms with Crippen molar-refractivity contribution in [1.29, 1.82) is 0 Å². The molecule has 0 saturated carbocycles. The van der Waals surface area contributed by atoms with Crippen LogP contribution in [0.5, 0.6) is 0 Å². The van der Waals surface area contributed by atoms with E-state index in [1.54, 1.807) is 173 Å². The molecule has 4 fully saturated rings. The van der Waals surface area contributed by atoms with Crippen molar-refractivity contribution in [2.24, 2.45) is 23.7 Å². The van der Waals surface area contributed by atoms with Crippen molar-refractivity contribution in [3.8, 4) is 0 Å². The first-order valence-corrected chi connectivity index (χ1v) is 35.7. The van der Waals surface area contributed by atoms with Crippen LogP contribution in [0, 0.1) is 23.7 Å². The Balaban J connectivity index is 1.13. The molecule has 8 rings (SSSR count). The van der Waals surface area contributed by atoms with Gasteiger partial charge in [0.15, 0.2) is 22.2 Å². The Morgan fingerprint density at radius 3 is 0.835 bits per heavy atom. The Bertz CT molecular complexity index is 3520. The highest BCUT2D eigenvalue weighted by molar-refractivity contribution is 9.11. The fourth-order valence-electron chi connectivity index (χ4n) is 12.9. The summed E-state index contributed by atoms with van der Waals surface area (Å²) >= 11 is 13.9. The molecule has 0 aromatic heterocycles. The highest BCUT2D eigenvalue weighted by Crippen LogP contribution is 2.44. The second-order valence-corrected chi connectivity index (χ2v) is 31.2. The fraction of sp³-hybridized carbons (Fsp3) is 0.529. The van der Waals surface area contributed by atoms with E-state index in [0.29, 0.717) is 31.2 Å². The molecule has 97 heavy (non-hydrogen) atoms. The molecule has 8 N–H and O–H groups in total. The lowest BCUT2D eigenvalue weighted by molar-refractivity contribution is -0.148. The van der Waals surface area contributed by atoms with Gasteiger partial charge in [-0.25, -0.2) is 9.59 Å². The summed E-state index contributed by atoms with van der Waals surface area (Å²) < 4.78 is 39.0. The fourth-order valence-corrected chi connectivity index (χ4v) is 13.9. The van der Waals surface area contributed by atoms with Gasteiger partial charge in [0, 0.05) is 43.6 Å². The van der Waals surface area contributed by atoms with Crippen LogP contribution in [0.1, 0.15) is 149 Å². The van der Waals surface area contributed by atoms with Gasteiger partial charge in [0.25, 0.3) is 0 Å². The first kappa shape index (κ1) is 76.4. The van der Waals surface area contributed by atoms with Crippen LogP contribution in [0.2, 0.25) is 0 Å². The number of carbonyl (C=O) groups is 9. The zero-order valence-corrected chi connectivity index (χ0v) is 62.8. The number of hydrogen-bond donors (Lipinski definition) is 8. The largest absolute Gasteiger partial charge is 0.467 e. The van der Waals surface area contributed by atoms with Crippen molar-refractivity contribution in [2.75, 3.05) is 33.5 Å². The van der Waals surface area contributed by atoms with Gasteiger partial charge in [0.2, 0.25) is 41.4 Å². The summed E-state index contributed by atoms with van der Waals surface area (Å²) in [5.41, 5.74) is -6.48. The summed E-state index contributed by atoms with van der Waals surface area (Å²) in [4.78, 5) is 135. The third kappa shape index (κ3) is 17.1. The maximum absolute atomic E-state index is 15.9. The predicted octanol–water partition coefficient (Wildman–Crippen LogP) is 9.25. The Hall–Kier alpha value is -6.33. The van der Waals surface area contributed by atoms with E-state index >= 15 is 28.8 Å². The van der Waals surface area contributed by atoms with Crippen molar-refractivity contribution in [2.45, 2.75) is 178 Å². The van der Waals surface area contributed by atoms with E-state index in [1.807, 2.05) is 0 Å². The Labute approximate surface area is 599 Å². The first-order chi connectivity index (χ1) is 45.7. The average molecular weight is 1600 g/mol. The minimum absolute atomic E-state index is 0.00698. The van der Waals surface area contributed by atoms with E-state index in [2.05, 4.69) is 106 Å². The standard InChI is InChI=1S/C70H88Br4N8O15/c1-37(2)49(75-62(88)68(30-34-94-54(68)42-15-23-46(72)24-16-42)80-59(85)51(39(5)6)77-64(90)70(82-65(91)97-66(9,10)11)32-36-96-56(70)44-19-27-48(74)28-20-44)57(83)79-67(29-33-93-53(67)41-13-21-45(71)22-14-41)61(87)76-50(38(3)4)58(84)81-69(63(89)78-52(40(7)8)60(86)92-12)31-35-95-55(69)43-17-25-47(73)26-18-43/h13-28,37-40,49-56H,29-36H2,1-12H3,(H,75,88)(H,76,87)(H,77,90)(H,78,89)(H,79,83)(H,80,85)(H,81,84)(H,82,91)/t49-,50-,51-,52+,53+,54+,55+,56+,67-,68-,69-,70-/m1/s1. The van der Waals surface area contributed by atoms with E-state index in [-0.39, 0.29) is 52.1 Å². The van der Waals surface area contributed by atoms with Gasteiger partial charge in [-0.2, -0.15) is 0 Å². The van der Waals surface area contributed by atoms with E-state index in [1.165, 1.54) is 7.11 Å². The van der Waals surface area contributed by atoms with Gasteiger partial charge in [0.05, 0.1) is 33.5 Å². The van der Waals surface area contributed by atoms with Gasteiger partial charge in [-0.15, -0.1) is 0 Å². The summed E-state index contributed by atoms with van der Waals surface area (Å²) in [7, 11) is 1.21. The Kier molecular flexibility index (Phi) is 25.1. The lowest BCUT2D eigenvalue weighted by atomic mass is 9.83. The number of nitrogens with one attached hydrogen (secondary N) is 8. The van der Waals surface area contributed by atoms with Crippen molar-refractivity contribution >= 4 is 117 Å². The molecule has 0 aliphatic carbocycles. The summed E-state index contributed by atoms with van der Waals surface area (Å²) in [5, 5.41) is 23.6. The molecule has 526 valence electrons. The normalized spacial score (nSPS) is 25.2. The summed E-state index contributed by atoms with van der Waals surface area (Å²) in [6.45, 7) is 18.8. The summed E-state index contributed by atoms with van der Waals surface area (Å²) in [6, 6.07) is 22.7. The molecule has 0 radical (unpaired) electrons. The number of amides is 8. The van der Waals surface area contributed by atoms with Crippen LogP contribution >= 0.6 is 63.7 Å². The lowest BCUT2D eigenvalue weighted by Gasteiger charge is -2.40. The predicted molar refractivity (Wildman–Crippen MR) is 374 cm³/mol. The monoisotopic (exact) mass is 1600 g/mol. The molecule has 4 aromatic carbocycles. The van der Waals surface area contributed by atoms with Crippen molar-refractivity contribution in [3.63, 3.8) is 0 Å². The minimum atomic E-state index is -1.99. The highest BCUT2D eigenvalue weighted by Gasteiger charge is 2.59. The molecule has 4 aliphatic rings. The highest BCUT2D eigenvalue weighted by atomic mass is 79.9. The Morgan fingerprint density at radius 1 is 0.392 bits per heavy atom. The van der Waals surface area contributed by atoms with Gasteiger partial charge < -0.3 is 71.0 Å². The minimum Gasteiger partial charge on any atom is -0.467 e. The molecule has 4 saturated heterocycles. The van der Waals surface area contributed by atoms with Crippen molar-refractivity contribution in [3.05, 3.63) is 137 Å². The smallest absolute Gasteiger partial charge is 0.408 e.